The molecule has 0 atom stereocenters. The smallest absolute Gasteiger partial charge is 0.322 e. The number of rotatable bonds is 4. The van der Waals surface area contributed by atoms with Gasteiger partial charge in [-0.15, -0.1) is 0 Å². The van der Waals surface area contributed by atoms with Crippen LogP contribution in [0.3, 0.4) is 0 Å². The molecule has 0 aromatic rings. The van der Waals surface area contributed by atoms with Crippen molar-refractivity contribution < 1.29 is 9.53 Å². The highest BCUT2D eigenvalue weighted by Gasteiger charge is 2.25. The highest BCUT2D eigenvalue weighted by atomic mass is 79.9. The summed E-state index contributed by atoms with van der Waals surface area (Å²) in [5, 5.41) is 3.28. The third-order valence-corrected chi connectivity index (χ3v) is 2.66. The number of hydrogen-bond donors (Lipinski definition) is 1. The molecule has 0 unspecified atom stereocenters. The Balaban J connectivity index is 2.12. The Labute approximate surface area is 99.5 Å². The van der Waals surface area contributed by atoms with Crippen molar-refractivity contribution in [2.75, 3.05) is 39.3 Å². The molecule has 1 rings (SSSR count). The van der Waals surface area contributed by atoms with Crippen molar-refractivity contribution in [3.63, 3.8) is 0 Å². The van der Waals surface area contributed by atoms with Gasteiger partial charge in [-0.2, -0.15) is 0 Å². The maximum Gasteiger partial charge on any atom is 0.322 e. The Morgan fingerprint density at radius 1 is 1.47 bits per heavy atom. The van der Waals surface area contributed by atoms with E-state index in [9.17, 15) is 4.79 Å². The Hall–Kier alpha value is -0.130. The van der Waals surface area contributed by atoms with Gasteiger partial charge < -0.3 is 10.1 Å². The van der Waals surface area contributed by atoms with Crippen molar-refractivity contribution >= 4 is 21.9 Å². The Bertz CT molecular complexity index is 210. The van der Waals surface area contributed by atoms with Crippen molar-refractivity contribution in [2.24, 2.45) is 0 Å². The maximum atomic E-state index is 11.4. The van der Waals surface area contributed by atoms with Crippen LogP contribution >= 0.6 is 15.9 Å². The number of carbonyl (C=O) groups excluding carboxylic acids is 1. The van der Waals surface area contributed by atoms with Gasteiger partial charge in [0, 0.05) is 32.7 Å². The first kappa shape index (κ1) is 12.9. The molecule has 1 heterocycles. The molecule has 1 fully saturated rings. The molecule has 0 spiro atoms. The molecule has 0 aromatic heterocycles. The van der Waals surface area contributed by atoms with Crippen molar-refractivity contribution in [2.45, 2.75) is 18.2 Å². The summed E-state index contributed by atoms with van der Waals surface area (Å²) in [7, 11) is 0. The Morgan fingerprint density at radius 2 is 2.07 bits per heavy atom. The van der Waals surface area contributed by atoms with E-state index in [1.807, 2.05) is 0 Å². The van der Waals surface area contributed by atoms with E-state index in [2.05, 4.69) is 26.1 Å². The van der Waals surface area contributed by atoms with Gasteiger partial charge in [0.15, 0.2) is 0 Å². The van der Waals surface area contributed by atoms with Gasteiger partial charge >= 0.3 is 5.97 Å². The molecule has 1 saturated heterocycles. The molecular weight excluding hydrogens is 260 g/mol. The average molecular weight is 279 g/mol. The zero-order valence-electron chi connectivity index (χ0n) is 9.38. The van der Waals surface area contributed by atoms with Crippen LogP contribution in [0.25, 0.3) is 0 Å². The van der Waals surface area contributed by atoms with Crippen LogP contribution in [0.4, 0.5) is 0 Å². The van der Waals surface area contributed by atoms with Crippen molar-refractivity contribution in [3.8, 4) is 0 Å². The van der Waals surface area contributed by atoms with E-state index in [4.69, 9.17) is 4.74 Å². The normalized spacial score (nSPS) is 18.9. The molecule has 15 heavy (non-hydrogen) atoms. The summed E-state index contributed by atoms with van der Waals surface area (Å²) in [4.78, 5) is 13.7. The lowest BCUT2D eigenvalue weighted by atomic mass is 10.2. The summed E-state index contributed by atoms with van der Waals surface area (Å²) in [5.74, 6) is -0.197. The van der Waals surface area contributed by atoms with Crippen LogP contribution in [0.2, 0.25) is 0 Å². The maximum absolute atomic E-state index is 11.4. The highest BCUT2D eigenvalue weighted by Crippen LogP contribution is 2.17. The van der Waals surface area contributed by atoms with Gasteiger partial charge in [-0.25, -0.2) is 0 Å². The van der Waals surface area contributed by atoms with Crippen LogP contribution in [0.5, 0.6) is 0 Å². The number of piperazine rings is 1. The fourth-order valence-electron chi connectivity index (χ4n) is 1.37. The molecule has 0 aliphatic carbocycles. The van der Waals surface area contributed by atoms with Gasteiger partial charge in [0.05, 0.1) is 0 Å². The molecule has 4 nitrogen and oxygen atoms in total. The summed E-state index contributed by atoms with van der Waals surface area (Å²) < 4.78 is 4.59. The lowest BCUT2D eigenvalue weighted by Crippen LogP contribution is -2.45. The summed E-state index contributed by atoms with van der Waals surface area (Å²) in [6.07, 6.45) is 0. The van der Waals surface area contributed by atoms with Crippen LogP contribution in [0.15, 0.2) is 0 Å². The molecule has 0 saturated carbocycles. The molecule has 0 aromatic carbocycles. The third-order valence-electron chi connectivity index (χ3n) is 2.34. The first-order chi connectivity index (χ1) is 7.00. The molecule has 0 bridgehead atoms. The van der Waals surface area contributed by atoms with Gasteiger partial charge in [-0.05, 0) is 13.8 Å². The standard InChI is InChI=1S/C10H19BrN2O2/c1-10(2,11)9(14)15-8-7-13-5-3-12-4-6-13/h12H,3-8H2,1-2H3. The largest absolute Gasteiger partial charge is 0.463 e. The minimum Gasteiger partial charge on any atom is -0.463 e. The second kappa shape index (κ2) is 5.82. The topological polar surface area (TPSA) is 41.6 Å². The molecule has 0 amide bonds. The predicted molar refractivity (Wildman–Crippen MR) is 63.3 cm³/mol. The lowest BCUT2D eigenvalue weighted by molar-refractivity contribution is -0.145. The van der Waals surface area contributed by atoms with Gasteiger partial charge in [-0.3, -0.25) is 9.69 Å². The second-order valence-corrected chi connectivity index (χ2v) is 6.18. The number of carbonyl (C=O) groups is 1. The highest BCUT2D eigenvalue weighted by molar-refractivity contribution is 9.10. The van der Waals surface area contributed by atoms with Crippen LogP contribution < -0.4 is 5.32 Å². The van der Waals surface area contributed by atoms with E-state index >= 15 is 0 Å². The number of nitrogens with one attached hydrogen (secondary N) is 1. The number of alkyl halides is 1. The Morgan fingerprint density at radius 3 is 2.60 bits per heavy atom. The molecule has 1 aliphatic rings. The third kappa shape index (κ3) is 4.95. The SMILES string of the molecule is CC(C)(Br)C(=O)OCCN1CCNCC1. The predicted octanol–water partition coefficient (Wildman–Crippen LogP) is 0.608. The minimum atomic E-state index is -0.573. The minimum absolute atomic E-state index is 0.197. The van der Waals surface area contributed by atoms with E-state index in [-0.39, 0.29) is 5.97 Å². The summed E-state index contributed by atoms with van der Waals surface area (Å²) >= 11 is 3.27. The number of nitrogens with zero attached hydrogens (tertiary/aromatic N) is 1. The molecule has 1 aliphatic heterocycles. The number of ether oxygens (including phenoxy) is 1. The Kier molecular flexibility index (Phi) is 5.02. The first-order valence-corrected chi connectivity index (χ1v) is 6.08. The van der Waals surface area contributed by atoms with E-state index in [1.54, 1.807) is 13.8 Å². The zero-order chi connectivity index (χ0) is 11.3. The first-order valence-electron chi connectivity index (χ1n) is 5.29. The molecule has 0 radical (unpaired) electrons. The summed E-state index contributed by atoms with van der Waals surface area (Å²) in [6, 6.07) is 0. The monoisotopic (exact) mass is 278 g/mol. The quantitative estimate of drug-likeness (QED) is 0.605. The average Bonchev–Trinajstić information content (AvgIpc) is 2.18. The van der Waals surface area contributed by atoms with E-state index in [0.717, 1.165) is 32.7 Å². The van der Waals surface area contributed by atoms with Crippen molar-refractivity contribution in [3.05, 3.63) is 0 Å². The summed E-state index contributed by atoms with van der Waals surface area (Å²) in [6.45, 7) is 9.02. The zero-order valence-corrected chi connectivity index (χ0v) is 11.0. The van der Waals surface area contributed by atoms with Gasteiger partial charge in [-0.1, -0.05) is 15.9 Å². The van der Waals surface area contributed by atoms with Crippen LogP contribution in [-0.2, 0) is 9.53 Å². The van der Waals surface area contributed by atoms with Gasteiger partial charge in [0.1, 0.15) is 10.9 Å². The van der Waals surface area contributed by atoms with Crippen LogP contribution in [0, 0.1) is 0 Å². The molecule has 88 valence electrons. The summed E-state index contributed by atoms with van der Waals surface area (Å²) in [5.41, 5.74) is 0. The molecule has 1 N–H and O–H groups in total. The van der Waals surface area contributed by atoms with Gasteiger partial charge in [0.2, 0.25) is 0 Å². The fraction of sp³-hybridized carbons (Fsp3) is 0.900. The number of esters is 1. The fourth-order valence-corrected chi connectivity index (χ4v) is 1.49. The van der Waals surface area contributed by atoms with Crippen LogP contribution in [0.1, 0.15) is 13.8 Å². The molecular formula is C10H19BrN2O2. The lowest BCUT2D eigenvalue weighted by Gasteiger charge is -2.27. The van der Waals surface area contributed by atoms with E-state index in [0.29, 0.717) is 6.61 Å². The van der Waals surface area contributed by atoms with Crippen molar-refractivity contribution in [1.82, 2.24) is 10.2 Å². The van der Waals surface area contributed by atoms with Crippen molar-refractivity contribution in [1.29, 1.82) is 0 Å². The van der Waals surface area contributed by atoms with E-state index in [1.165, 1.54) is 0 Å². The second-order valence-electron chi connectivity index (χ2n) is 4.20. The van der Waals surface area contributed by atoms with Crippen LogP contribution in [-0.4, -0.2) is 54.5 Å². The number of hydrogen-bond acceptors (Lipinski definition) is 4. The molecule has 5 heteroatoms. The van der Waals surface area contributed by atoms with Gasteiger partial charge in [0.25, 0.3) is 0 Å². The number of halogens is 1. The van der Waals surface area contributed by atoms with E-state index < -0.39 is 4.32 Å².